The van der Waals surface area contributed by atoms with Gasteiger partial charge in [0.15, 0.2) is 18.1 Å². The van der Waals surface area contributed by atoms with Gasteiger partial charge in [0.2, 0.25) is 0 Å². The number of halogens is 1. The van der Waals surface area contributed by atoms with E-state index >= 15 is 0 Å². The largest absolute Gasteiger partial charge is 0.490 e. The number of ether oxygens (including phenoxy) is 2. The first kappa shape index (κ1) is 27.0. The lowest BCUT2D eigenvalue weighted by Gasteiger charge is -2.34. The summed E-state index contributed by atoms with van der Waals surface area (Å²) in [6.07, 6.45) is 3.36. The summed E-state index contributed by atoms with van der Waals surface area (Å²) >= 11 is 12.0. The van der Waals surface area contributed by atoms with Crippen LogP contribution < -0.4 is 14.8 Å². The number of nitrogens with zero attached hydrogens (tertiary/aromatic N) is 1. The molecule has 0 saturated carbocycles. The van der Waals surface area contributed by atoms with E-state index in [9.17, 15) is 4.79 Å². The Morgan fingerprint density at radius 3 is 2.51 bits per heavy atom. The lowest BCUT2D eigenvalue weighted by Crippen LogP contribution is -2.38. The predicted molar refractivity (Wildman–Crippen MR) is 154 cm³/mol. The molecule has 194 valence electrons. The molecule has 4 rings (SSSR count). The number of carbonyl (C=O) groups is 1. The normalized spacial score (nSPS) is 13.8. The number of rotatable bonds is 9. The maximum absolute atomic E-state index is 12.5. The van der Waals surface area contributed by atoms with Crippen LogP contribution in [0.4, 0.5) is 5.69 Å². The molecule has 0 radical (unpaired) electrons. The van der Waals surface area contributed by atoms with E-state index < -0.39 is 0 Å². The van der Waals surface area contributed by atoms with E-state index in [1.807, 2.05) is 38.1 Å². The summed E-state index contributed by atoms with van der Waals surface area (Å²) in [5, 5.41) is 3.45. The van der Waals surface area contributed by atoms with Gasteiger partial charge in [-0.3, -0.25) is 4.79 Å². The fraction of sp³-hybridized carbons (Fsp3) is 0.333. The number of benzene rings is 3. The van der Waals surface area contributed by atoms with Gasteiger partial charge in [0, 0.05) is 29.4 Å². The SMILES string of the molecule is CCOc1cc(C(=S)N2CCC(Cc3ccccc3)CC2)ccc1OCC(=O)Nc1cccc(Cl)c1C. The highest BCUT2D eigenvalue weighted by Gasteiger charge is 2.22. The zero-order valence-corrected chi connectivity index (χ0v) is 22.9. The lowest BCUT2D eigenvalue weighted by atomic mass is 9.90. The highest BCUT2D eigenvalue weighted by Crippen LogP contribution is 2.31. The number of hydrogen-bond acceptors (Lipinski definition) is 4. The van der Waals surface area contributed by atoms with Crippen molar-refractivity contribution in [1.82, 2.24) is 4.90 Å². The number of thiocarbonyl (C=S) groups is 1. The number of carbonyl (C=O) groups excluding carboxylic acids is 1. The number of likely N-dealkylation sites (tertiary alicyclic amines) is 1. The smallest absolute Gasteiger partial charge is 0.262 e. The maximum Gasteiger partial charge on any atom is 0.262 e. The fourth-order valence-corrected chi connectivity index (χ4v) is 5.06. The molecule has 0 aliphatic carbocycles. The molecule has 1 amide bonds. The average molecular weight is 537 g/mol. The third-order valence-corrected chi connectivity index (χ3v) is 7.56. The van der Waals surface area contributed by atoms with E-state index in [2.05, 4.69) is 40.5 Å². The highest BCUT2D eigenvalue weighted by molar-refractivity contribution is 7.80. The van der Waals surface area contributed by atoms with Crippen molar-refractivity contribution in [3.8, 4) is 11.5 Å². The summed E-state index contributed by atoms with van der Waals surface area (Å²) in [6, 6.07) is 21.8. The van der Waals surface area contributed by atoms with Crippen molar-refractivity contribution < 1.29 is 14.3 Å². The minimum absolute atomic E-state index is 0.148. The van der Waals surface area contributed by atoms with Gasteiger partial charge in [-0.2, -0.15) is 0 Å². The summed E-state index contributed by atoms with van der Waals surface area (Å²) in [7, 11) is 0. The minimum Gasteiger partial charge on any atom is -0.490 e. The molecule has 0 spiro atoms. The van der Waals surface area contributed by atoms with Gasteiger partial charge in [0.1, 0.15) is 4.99 Å². The van der Waals surface area contributed by atoms with Gasteiger partial charge >= 0.3 is 0 Å². The molecule has 0 unspecified atom stereocenters. The molecule has 1 fully saturated rings. The Balaban J connectivity index is 1.34. The van der Waals surface area contributed by atoms with Crippen LogP contribution in [0.25, 0.3) is 0 Å². The molecule has 0 atom stereocenters. The summed E-state index contributed by atoms with van der Waals surface area (Å²) in [5.41, 5.74) is 3.80. The molecule has 1 aliphatic heterocycles. The molecule has 37 heavy (non-hydrogen) atoms. The Kier molecular flexibility index (Phi) is 9.42. The third-order valence-electron chi connectivity index (χ3n) is 6.66. The zero-order valence-electron chi connectivity index (χ0n) is 21.3. The van der Waals surface area contributed by atoms with Gasteiger partial charge in [0.25, 0.3) is 5.91 Å². The number of hydrogen-bond donors (Lipinski definition) is 1. The maximum atomic E-state index is 12.5. The van der Waals surface area contributed by atoms with Crippen LogP contribution in [0.3, 0.4) is 0 Å². The lowest BCUT2D eigenvalue weighted by molar-refractivity contribution is -0.118. The second-order valence-corrected chi connectivity index (χ2v) is 10.1. The van der Waals surface area contributed by atoms with Crippen LogP contribution in [0, 0.1) is 12.8 Å². The molecule has 3 aromatic rings. The van der Waals surface area contributed by atoms with Crippen molar-refractivity contribution >= 4 is 40.4 Å². The van der Waals surface area contributed by atoms with E-state index in [1.165, 1.54) is 5.56 Å². The van der Waals surface area contributed by atoms with Gasteiger partial charge in [-0.25, -0.2) is 0 Å². The van der Waals surface area contributed by atoms with Gasteiger partial charge < -0.3 is 19.7 Å². The van der Waals surface area contributed by atoms with Crippen LogP contribution in [0.2, 0.25) is 5.02 Å². The Morgan fingerprint density at radius 2 is 1.78 bits per heavy atom. The van der Waals surface area contributed by atoms with Crippen LogP contribution in [0.15, 0.2) is 66.7 Å². The summed E-state index contributed by atoms with van der Waals surface area (Å²) < 4.78 is 11.6. The predicted octanol–water partition coefficient (Wildman–Crippen LogP) is 6.69. The molecule has 1 heterocycles. The average Bonchev–Trinajstić information content (AvgIpc) is 2.91. The van der Waals surface area contributed by atoms with E-state index in [0.717, 1.165) is 48.5 Å². The van der Waals surface area contributed by atoms with Gasteiger partial charge in [-0.1, -0.05) is 60.2 Å². The van der Waals surface area contributed by atoms with E-state index in [1.54, 1.807) is 12.1 Å². The standard InChI is InChI=1S/C30H33ClN2O3S/c1-3-35-28-19-24(30(37)33-16-14-23(15-17-33)18-22-8-5-4-6-9-22)12-13-27(28)36-20-29(34)32-26-11-7-10-25(31)21(26)2/h4-13,19,23H,3,14-18,20H2,1-2H3,(H,32,34). The first-order chi connectivity index (χ1) is 17.9. The van der Waals surface area contributed by atoms with Gasteiger partial charge in [-0.05, 0) is 80.5 Å². The van der Waals surface area contributed by atoms with Crippen LogP contribution >= 0.6 is 23.8 Å². The van der Waals surface area contributed by atoms with Crippen molar-refractivity contribution in [2.45, 2.75) is 33.1 Å². The van der Waals surface area contributed by atoms with E-state index in [0.29, 0.717) is 34.7 Å². The Bertz CT molecular complexity index is 1230. The Hall–Kier alpha value is -3.09. The van der Waals surface area contributed by atoms with E-state index in [4.69, 9.17) is 33.3 Å². The Morgan fingerprint density at radius 1 is 1.03 bits per heavy atom. The number of piperidine rings is 1. The molecule has 7 heteroatoms. The van der Waals surface area contributed by atoms with Gasteiger partial charge in [0.05, 0.1) is 6.61 Å². The first-order valence-electron chi connectivity index (χ1n) is 12.7. The van der Waals surface area contributed by atoms with Crippen molar-refractivity contribution in [2.24, 2.45) is 5.92 Å². The van der Waals surface area contributed by atoms with Crippen LogP contribution in [-0.4, -0.2) is 42.1 Å². The van der Waals surface area contributed by atoms with Gasteiger partial charge in [-0.15, -0.1) is 0 Å². The van der Waals surface area contributed by atoms with E-state index in [-0.39, 0.29) is 12.5 Å². The quantitative estimate of drug-likeness (QED) is 0.308. The summed E-state index contributed by atoms with van der Waals surface area (Å²) in [4.78, 5) is 15.6. The molecule has 5 nitrogen and oxygen atoms in total. The molecule has 3 aromatic carbocycles. The molecule has 1 saturated heterocycles. The zero-order chi connectivity index (χ0) is 26.2. The summed E-state index contributed by atoms with van der Waals surface area (Å²) in [5.74, 6) is 1.49. The van der Waals surface area contributed by atoms with Crippen LogP contribution in [0.5, 0.6) is 11.5 Å². The molecule has 0 aromatic heterocycles. The topological polar surface area (TPSA) is 50.8 Å². The van der Waals surface area contributed by atoms with Crippen molar-refractivity contribution in [3.05, 3.63) is 88.4 Å². The highest BCUT2D eigenvalue weighted by atomic mass is 35.5. The van der Waals surface area contributed by atoms with Crippen molar-refractivity contribution in [2.75, 3.05) is 31.6 Å². The number of amides is 1. The molecule has 1 aliphatic rings. The molecular weight excluding hydrogens is 504 g/mol. The second kappa shape index (κ2) is 12.9. The fourth-order valence-electron chi connectivity index (χ4n) is 4.57. The van der Waals surface area contributed by atoms with Crippen molar-refractivity contribution in [1.29, 1.82) is 0 Å². The monoisotopic (exact) mass is 536 g/mol. The first-order valence-corrected chi connectivity index (χ1v) is 13.5. The Labute approximate surface area is 229 Å². The summed E-state index contributed by atoms with van der Waals surface area (Å²) in [6.45, 7) is 6.00. The van der Waals surface area contributed by atoms with Crippen LogP contribution in [0.1, 0.15) is 36.5 Å². The number of anilines is 1. The number of nitrogens with one attached hydrogen (secondary N) is 1. The molecule has 0 bridgehead atoms. The minimum atomic E-state index is -0.272. The second-order valence-electron chi connectivity index (χ2n) is 9.27. The molecule has 1 N–H and O–H groups in total. The van der Waals surface area contributed by atoms with Crippen molar-refractivity contribution in [3.63, 3.8) is 0 Å². The third kappa shape index (κ3) is 7.24. The van der Waals surface area contributed by atoms with Crippen LogP contribution in [-0.2, 0) is 11.2 Å². The molecular formula is C30H33ClN2O3S.